The van der Waals surface area contributed by atoms with E-state index >= 15 is 0 Å². The van der Waals surface area contributed by atoms with E-state index in [0.29, 0.717) is 0 Å². The molecule has 3 N–H and O–H groups in total. The minimum atomic E-state index is -4.13. The number of aromatic carboxylic acids is 1. The number of nitrogens with two attached hydrogens (primary N) is 1. The van der Waals surface area contributed by atoms with E-state index in [1.807, 2.05) is 0 Å². The molecule has 0 saturated carbocycles. The molecule has 10 heteroatoms. The summed E-state index contributed by atoms with van der Waals surface area (Å²) in [5.41, 5.74) is -0.221. The predicted octanol–water partition coefficient (Wildman–Crippen LogP) is -0.00580. The van der Waals surface area contributed by atoms with Crippen LogP contribution in [0.1, 0.15) is 16.2 Å². The van der Waals surface area contributed by atoms with E-state index < -0.39 is 20.9 Å². The van der Waals surface area contributed by atoms with Gasteiger partial charge in [0.05, 0.1) is 5.56 Å². The zero-order valence-electron chi connectivity index (χ0n) is 9.88. The van der Waals surface area contributed by atoms with E-state index in [1.54, 1.807) is 0 Å². The highest BCUT2D eigenvalue weighted by Gasteiger charge is 2.18. The Morgan fingerprint density at radius 1 is 1.45 bits per heavy atom. The highest BCUT2D eigenvalue weighted by molar-refractivity contribution is 7.89. The molecular weight excluding hydrogens is 290 g/mol. The van der Waals surface area contributed by atoms with Crippen LogP contribution in [-0.2, 0) is 16.6 Å². The second-order valence-electron chi connectivity index (χ2n) is 3.65. The van der Waals surface area contributed by atoms with Gasteiger partial charge in [-0.25, -0.2) is 18.4 Å². The number of sulfonamides is 1. The van der Waals surface area contributed by atoms with Gasteiger partial charge in [0.2, 0.25) is 22.2 Å². The third-order valence-corrected chi connectivity index (χ3v) is 3.19. The van der Waals surface area contributed by atoms with Crippen LogP contribution in [-0.4, -0.2) is 29.6 Å². The van der Waals surface area contributed by atoms with Crippen molar-refractivity contribution in [3.05, 3.63) is 36.0 Å². The van der Waals surface area contributed by atoms with Gasteiger partial charge in [0.15, 0.2) is 6.61 Å². The molecule has 2 rings (SSSR count). The van der Waals surface area contributed by atoms with Gasteiger partial charge in [0.1, 0.15) is 10.6 Å². The van der Waals surface area contributed by atoms with Crippen LogP contribution in [0.2, 0.25) is 0 Å². The molecular formula is C10H9N3O6S. The summed E-state index contributed by atoms with van der Waals surface area (Å²) < 4.78 is 32.6. The minimum Gasteiger partial charge on any atom is -0.484 e. The van der Waals surface area contributed by atoms with Crippen molar-refractivity contribution in [2.24, 2.45) is 5.14 Å². The smallest absolute Gasteiger partial charge is 0.335 e. The molecule has 0 atom stereocenters. The summed E-state index contributed by atoms with van der Waals surface area (Å²) in [6.07, 6.45) is 1.09. The van der Waals surface area contributed by atoms with Crippen molar-refractivity contribution < 1.29 is 27.6 Å². The number of aromatic nitrogens is 2. The summed E-state index contributed by atoms with van der Waals surface area (Å²) in [5.74, 6) is -1.17. The van der Waals surface area contributed by atoms with Gasteiger partial charge in [-0.05, 0) is 18.2 Å². The lowest BCUT2D eigenvalue weighted by atomic mass is 10.2. The van der Waals surface area contributed by atoms with Crippen LogP contribution in [0.15, 0.2) is 34.0 Å². The third-order valence-electron chi connectivity index (χ3n) is 2.26. The van der Waals surface area contributed by atoms with Crippen molar-refractivity contribution >= 4 is 16.0 Å². The molecule has 2 aromatic rings. The molecule has 0 bridgehead atoms. The minimum absolute atomic E-state index is 0.0951. The maximum absolute atomic E-state index is 11.4. The van der Waals surface area contributed by atoms with Gasteiger partial charge in [-0.15, -0.1) is 0 Å². The van der Waals surface area contributed by atoms with E-state index in [2.05, 4.69) is 14.7 Å². The number of hydrogen-bond donors (Lipinski definition) is 2. The van der Waals surface area contributed by atoms with E-state index in [0.717, 1.165) is 12.5 Å². The van der Waals surface area contributed by atoms with Crippen LogP contribution in [0.5, 0.6) is 5.75 Å². The monoisotopic (exact) mass is 299 g/mol. The highest BCUT2D eigenvalue weighted by atomic mass is 32.2. The Kier molecular flexibility index (Phi) is 3.68. The summed E-state index contributed by atoms with van der Waals surface area (Å²) in [5, 5.41) is 17.3. The molecule has 0 unspecified atom stereocenters. The number of nitrogens with zero attached hydrogens (tertiary/aromatic N) is 2. The van der Waals surface area contributed by atoms with Gasteiger partial charge < -0.3 is 14.4 Å². The van der Waals surface area contributed by atoms with Gasteiger partial charge in [-0.2, -0.15) is 4.98 Å². The van der Waals surface area contributed by atoms with Crippen LogP contribution in [0.3, 0.4) is 0 Å². The molecule has 106 valence electrons. The van der Waals surface area contributed by atoms with E-state index in [4.69, 9.17) is 15.0 Å². The Balaban J connectivity index is 2.34. The molecule has 9 nitrogen and oxygen atoms in total. The van der Waals surface area contributed by atoms with Crippen LogP contribution in [0.4, 0.5) is 0 Å². The predicted molar refractivity (Wildman–Crippen MR) is 63.4 cm³/mol. The molecule has 0 aliphatic carbocycles. The Labute approximate surface area is 113 Å². The zero-order valence-corrected chi connectivity index (χ0v) is 10.7. The van der Waals surface area contributed by atoms with Crippen LogP contribution in [0, 0.1) is 0 Å². The number of carboxylic acids is 1. The lowest BCUT2D eigenvalue weighted by molar-refractivity contribution is 0.0696. The molecule has 0 aliphatic heterocycles. The van der Waals surface area contributed by atoms with Crippen molar-refractivity contribution in [2.45, 2.75) is 11.5 Å². The van der Waals surface area contributed by atoms with Crippen molar-refractivity contribution in [1.29, 1.82) is 0 Å². The first kappa shape index (κ1) is 14.0. The SMILES string of the molecule is NS(=O)(=O)c1cc(C(=O)O)ccc1OCc1ncon1. The average Bonchev–Trinajstić information content (AvgIpc) is 2.88. The summed E-state index contributed by atoms with van der Waals surface area (Å²) in [7, 11) is -4.13. The fourth-order valence-corrected chi connectivity index (χ4v) is 2.08. The topological polar surface area (TPSA) is 146 Å². The van der Waals surface area contributed by atoms with Crippen LogP contribution < -0.4 is 9.88 Å². The number of carboxylic acid groups (broad SMARTS) is 1. The Morgan fingerprint density at radius 2 is 2.20 bits per heavy atom. The third kappa shape index (κ3) is 3.10. The summed E-state index contributed by atoms with van der Waals surface area (Å²) in [6, 6.07) is 3.31. The summed E-state index contributed by atoms with van der Waals surface area (Å²) >= 11 is 0. The first-order valence-corrected chi connectivity index (χ1v) is 6.71. The maximum atomic E-state index is 11.4. The number of hydrogen-bond acceptors (Lipinski definition) is 7. The fourth-order valence-electron chi connectivity index (χ4n) is 1.38. The second kappa shape index (κ2) is 5.27. The number of benzene rings is 1. The first-order chi connectivity index (χ1) is 9.38. The second-order valence-corrected chi connectivity index (χ2v) is 5.18. The highest BCUT2D eigenvalue weighted by Crippen LogP contribution is 2.24. The number of carbonyl (C=O) groups is 1. The molecule has 0 saturated heterocycles. The normalized spacial score (nSPS) is 11.2. The number of rotatable bonds is 5. The van der Waals surface area contributed by atoms with Crippen LogP contribution in [0.25, 0.3) is 0 Å². The van der Waals surface area contributed by atoms with E-state index in [1.165, 1.54) is 12.1 Å². The van der Waals surface area contributed by atoms with Crippen molar-refractivity contribution in [3.8, 4) is 5.75 Å². The van der Waals surface area contributed by atoms with Gasteiger partial charge in [-0.1, -0.05) is 5.16 Å². The Morgan fingerprint density at radius 3 is 2.75 bits per heavy atom. The number of primary sulfonamides is 1. The molecule has 0 spiro atoms. The van der Waals surface area contributed by atoms with E-state index in [9.17, 15) is 13.2 Å². The standard InChI is InChI=1S/C10H9N3O6S/c11-20(16,17)8-3-6(10(14)15)1-2-7(8)18-4-9-12-5-19-13-9/h1-3,5H,4H2,(H,14,15)(H2,11,16,17). The van der Waals surface area contributed by atoms with Gasteiger partial charge in [0.25, 0.3) is 0 Å². The quantitative estimate of drug-likeness (QED) is 0.784. The first-order valence-electron chi connectivity index (χ1n) is 5.16. The largest absolute Gasteiger partial charge is 0.484 e. The molecule has 1 aromatic heterocycles. The van der Waals surface area contributed by atoms with Crippen molar-refractivity contribution in [1.82, 2.24) is 10.1 Å². The lowest BCUT2D eigenvalue weighted by Gasteiger charge is -2.09. The van der Waals surface area contributed by atoms with Gasteiger partial charge in [-0.3, -0.25) is 0 Å². The summed E-state index contributed by atoms with van der Waals surface area (Å²) in [6.45, 7) is -0.147. The zero-order chi connectivity index (χ0) is 14.8. The summed E-state index contributed by atoms with van der Waals surface area (Å²) in [4.78, 5) is 14.1. The Bertz CT molecular complexity index is 725. The van der Waals surface area contributed by atoms with Gasteiger partial charge in [0, 0.05) is 0 Å². The van der Waals surface area contributed by atoms with Crippen molar-refractivity contribution in [2.75, 3.05) is 0 Å². The fraction of sp³-hybridized carbons (Fsp3) is 0.100. The lowest BCUT2D eigenvalue weighted by Crippen LogP contribution is -2.15. The molecule has 1 heterocycles. The van der Waals surface area contributed by atoms with Crippen molar-refractivity contribution in [3.63, 3.8) is 0 Å². The average molecular weight is 299 g/mol. The Hall–Kier alpha value is -2.46. The van der Waals surface area contributed by atoms with Gasteiger partial charge >= 0.3 is 5.97 Å². The maximum Gasteiger partial charge on any atom is 0.335 e. The molecule has 1 aromatic carbocycles. The number of ether oxygens (including phenoxy) is 1. The molecule has 0 radical (unpaired) electrons. The molecule has 0 amide bonds. The molecule has 0 aliphatic rings. The van der Waals surface area contributed by atoms with E-state index in [-0.39, 0.29) is 23.7 Å². The molecule has 20 heavy (non-hydrogen) atoms. The molecule has 0 fully saturated rings. The van der Waals surface area contributed by atoms with Crippen LogP contribution >= 0.6 is 0 Å².